The third kappa shape index (κ3) is 4.02. The zero-order valence-electron chi connectivity index (χ0n) is 16.2. The molecular weight excluding hydrogens is 434 g/mol. The van der Waals surface area contributed by atoms with Gasteiger partial charge in [0.25, 0.3) is 0 Å². The van der Waals surface area contributed by atoms with E-state index >= 15 is 0 Å². The van der Waals surface area contributed by atoms with Gasteiger partial charge in [-0.2, -0.15) is 9.61 Å². The van der Waals surface area contributed by atoms with Crippen LogP contribution in [0.5, 0.6) is 5.88 Å². The summed E-state index contributed by atoms with van der Waals surface area (Å²) in [4.78, 5) is 10.1. The van der Waals surface area contributed by atoms with Crippen LogP contribution in [0.2, 0.25) is 0 Å². The molecule has 0 amide bonds. The van der Waals surface area contributed by atoms with E-state index in [0.29, 0.717) is 19.0 Å². The minimum atomic E-state index is 0.576. The number of nitrogens with zero attached hydrogens (tertiary/aromatic N) is 4. The Balaban J connectivity index is 1.66. The summed E-state index contributed by atoms with van der Waals surface area (Å²) in [7, 11) is 1.61. The predicted molar refractivity (Wildman–Crippen MR) is 114 cm³/mol. The molecule has 29 heavy (non-hydrogen) atoms. The van der Waals surface area contributed by atoms with Gasteiger partial charge in [0.2, 0.25) is 6.20 Å². The van der Waals surface area contributed by atoms with Crippen molar-refractivity contribution in [2.24, 2.45) is 0 Å². The van der Waals surface area contributed by atoms with Gasteiger partial charge in [-0.05, 0) is 28.9 Å². The lowest BCUT2D eigenvalue weighted by atomic mass is 10.1. The molecule has 0 spiro atoms. The molecule has 0 unspecified atom stereocenters. The van der Waals surface area contributed by atoms with Gasteiger partial charge in [-0.3, -0.25) is 4.84 Å². The first kappa shape index (κ1) is 19.2. The molecule has 0 aliphatic carbocycles. The van der Waals surface area contributed by atoms with Crippen LogP contribution in [-0.2, 0) is 6.54 Å². The van der Waals surface area contributed by atoms with Crippen molar-refractivity contribution in [2.45, 2.75) is 13.5 Å². The summed E-state index contributed by atoms with van der Waals surface area (Å²) in [5.41, 5.74) is 3.71. The van der Waals surface area contributed by atoms with Crippen LogP contribution in [0.1, 0.15) is 12.5 Å². The predicted octanol–water partition coefficient (Wildman–Crippen LogP) is 3.52. The molecule has 0 fully saturated rings. The van der Waals surface area contributed by atoms with Crippen LogP contribution in [0.3, 0.4) is 0 Å². The third-order valence-corrected chi connectivity index (χ3v) is 4.96. The number of ether oxygens (including phenoxy) is 1. The van der Waals surface area contributed by atoms with Gasteiger partial charge in [-0.1, -0.05) is 30.3 Å². The SMILES string of the molecule is CCOc1ccc(CNc2cc(-c3ccccc3)nc3c(Br)cnn23)c[n+]1OC. The molecule has 0 bridgehead atoms. The Morgan fingerprint density at radius 3 is 2.76 bits per heavy atom. The van der Waals surface area contributed by atoms with Gasteiger partial charge in [-0.15, -0.1) is 0 Å². The minimum Gasteiger partial charge on any atom is -0.442 e. The fourth-order valence-electron chi connectivity index (χ4n) is 3.03. The second-order valence-electron chi connectivity index (χ2n) is 6.29. The molecular formula is C21H21BrN5O2+. The number of nitrogens with one attached hydrogen (secondary N) is 1. The number of hydrogen-bond acceptors (Lipinski definition) is 5. The fourth-order valence-corrected chi connectivity index (χ4v) is 3.38. The van der Waals surface area contributed by atoms with Crippen LogP contribution in [0.15, 0.2) is 65.4 Å². The molecule has 7 nitrogen and oxygen atoms in total. The number of hydrogen-bond donors (Lipinski definition) is 1. The van der Waals surface area contributed by atoms with Gasteiger partial charge >= 0.3 is 5.88 Å². The lowest BCUT2D eigenvalue weighted by molar-refractivity contribution is -0.887. The normalized spacial score (nSPS) is 10.9. The van der Waals surface area contributed by atoms with E-state index in [1.807, 2.05) is 61.7 Å². The summed E-state index contributed by atoms with van der Waals surface area (Å²) in [5, 5.41) is 7.89. The second-order valence-corrected chi connectivity index (χ2v) is 7.15. The molecule has 4 aromatic rings. The maximum atomic E-state index is 5.56. The average Bonchev–Trinajstić information content (AvgIpc) is 3.14. The van der Waals surface area contributed by atoms with E-state index in [2.05, 4.69) is 26.3 Å². The monoisotopic (exact) mass is 454 g/mol. The summed E-state index contributed by atoms with van der Waals surface area (Å²) in [6.07, 6.45) is 3.64. The van der Waals surface area contributed by atoms with Crippen molar-refractivity contribution in [3.63, 3.8) is 0 Å². The highest BCUT2D eigenvalue weighted by atomic mass is 79.9. The number of benzene rings is 1. The third-order valence-electron chi connectivity index (χ3n) is 4.40. The zero-order chi connectivity index (χ0) is 20.2. The van der Waals surface area contributed by atoms with E-state index in [0.717, 1.165) is 32.8 Å². The molecule has 1 N–H and O–H groups in total. The maximum Gasteiger partial charge on any atom is 0.416 e. The Labute approximate surface area is 177 Å². The number of aromatic nitrogens is 4. The van der Waals surface area contributed by atoms with E-state index in [1.165, 1.54) is 0 Å². The Morgan fingerprint density at radius 2 is 2.00 bits per heavy atom. The number of rotatable bonds is 7. The maximum absolute atomic E-state index is 5.56. The summed E-state index contributed by atoms with van der Waals surface area (Å²) in [6, 6.07) is 16.0. The van der Waals surface area contributed by atoms with Gasteiger partial charge in [0.05, 0.1) is 29.0 Å². The topological polar surface area (TPSA) is 64.6 Å². The number of halogens is 1. The molecule has 148 valence electrons. The van der Waals surface area contributed by atoms with Crippen LogP contribution in [0.4, 0.5) is 5.82 Å². The van der Waals surface area contributed by atoms with Crippen molar-refractivity contribution >= 4 is 27.4 Å². The first-order chi connectivity index (χ1) is 14.2. The van der Waals surface area contributed by atoms with Crippen LogP contribution >= 0.6 is 15.9 Å². The van der Waals surface area contributed by atoms with Gasteiger partial charge < -0.3 is 10.1 Å². The lowest BCUT2D eigenvalue weighted by Gasteiger charge is -2.11. The Hall–Kier alpha value is -3.13. The molecule has 0 aliphatic heterocycles. The van der Waals surface area contributed by atoms with Crippen LogP contribution < -0.4 is 19.6 Å². The van der Waals surface area contributed by atoms with Crippen molar-refractivity contribution in [1.29, 1.82) is 0 Å². The molecule has 4 rings (SSSR count). The van der Waals surface area contributed by atoms with Crippen LogP contribution in [0, 0.1) is 0 Å². The van der Waals surface area contributed by atoms with Crippen molar-refractivity contribution in [1.82, 2.24) is 14.6 Å². The molecule has 0 saturated carbocycles. The van der Waals surface area contributed by atoms with E-state index in [4.69, 9.17) is 14.6 Å². The second kappa shape index (κ2) is 8.48. The van der Waals surface area contributed by atoms with Gasteiger partial charge in [-0.25, -0.2) is 4.98 Å². The van der Waals surface area contributed by atoms with Crippen molar-refractivity contribution in [3.05, 3.63) is 71.0 Å². The summed E-state index contributed by atoms with van der Waals surface area (Å²) < 4.78 is 9.81. The molecule has 0 aliphatic rings. The molecule has 3 heterocycles. The first-order valence-corrected chi connectivity index (χ1v) is 10.0. The summed E-state index contributed by atoms with van der Waals surface area (Å²) in [6.45, 7) is 3.10. The Morgan fingerprint density at radius 1 is 1.17 bits per heavy atom. The first-order valence-electron chi connectivity index (χ1n) is 9.25. The highest BCUT2D eigenvalue weighted by molar-refractivity contribution is 9.10. The fraction of sp³-hybridized carbons (Fsp3) is 0.190. The van der Waals surface area contributed by atoms with Crippen molar-refractivity contribution in [3.8, 4) is 17.1 Å². The van der Waals surface area contributed by atoms with Crippen molar-refractivity contribution < 1.29 is 14.3 Å². The van der Waals surface area contributed by atoms with E-state index in [-0.39, 0.29) is 0 Å². The van der Waals surface area contributed by atoms with E-state index in [9.17, 15) is 0 Å². The molecule has 0 saturated heterocycles. The standard InChI is InChI=1S/C21H21BrN5O2/c1-3-29-20-10-9-15(14-26(20)28-2)12-23-19-11-18(16-7-5-4-6-8-16)25-21-17(22)13-24-27(19)21/h4-11,13-14,23H,3,12H2,1-2H3/q+1. The highest BCUT2D eigenvalue weighted by Crippen LogP contribution is 2.26. The average molecular weight is 455 g/mol. The number of fused-ring (bicyclic) bond motifs is 1. The van der Waals surface area contributed by atoms with Gasteiger partial charge in [0.15, 0.2) is 5.65 Å². The lowest BCUT2D eigenvalue weighted by Crippen LogP contribution is -2.42. The van der Waals surface area contributed by atoms with E-state index in [1.54, 1.807) is 22.6 Å². The zero-order valence-corrected chi connectivity index (χ0v) is 17.8. The highest BCUT2D eigenvalue weighted by Gasteiger charge is 2.15. The van der Waals surface area contributed by atoms with Crippen LogP contribution in [-0.4, -0.2) is 28.3 Å². The van der Waals surface area contributed by atoms with E-state index < -0.39 is 0 Å². The van der Waals surface area contributed by atoms with Crippen LogP contribution in [0.25, 0.3) is 16.9 Å². The molecule has 1 aromatic carbocycles. The molecule has 8 heteroatoms. The summed E-state index contributed by atoms with van der Waals surface area (Å²) in [5.74, 6) is 1.50. The smallest absolute Gasteiger partial charge is 0.416 e. The van der Waals surface area contributed by atoms with Crippen molar-refractivity contribution in [2.75, 3.05) is 19.0 Å². The summed E-state index contributed by atoms with van der Waals surface area (Å²) >= 11 is 3.54. The molecule has 0 radical (unpaired) electrons. The quantitative estimate of drug-likeness (QED) is 0.432. The number of anilines is 1. The Kier molecular flexibility index (Phi) is 5.62. The number of pyridine rings is 1. The van der Waals surface area contributed by atoms with Gasteiger partial charge in [0.1, 0.15) is 12.9 Å². The molecule has 0 atom stereocenters. The molecule has 3 aromatic heterocycles. The van der Waals surface area contributed by atoms with Gasteiger partial charge in [0, 0.05) is 28.5 Å². The minimum absolute atomic E-state index is 0.576. The largest absolute Gasteiger partial charge is 0.442 e. The Bertz CT molecular complexity index is 1130.